The summed E-state index contributed by atoms with van der Waals surface area (Å²) in [6, 6.07) is 11.9. The fourth-order valence-electron chi connectivity index (χ4n) is 3.29. The maximum atomic E-state index is 14.9. The van der Waals surface area contributed by atoms with Crippen molar-refractivity contribution in [3.63, 3.8) is 0 Å². The molecule has 0 saturated heterocycles. The molecule has 0 unspecified atom stereocenters. The number of hydrogen-bond donors (Lipinski definition) is 2. The molecule has 0 bridgehead atoms. The van der Waals surface area contributed by atoms with Crippen molar-refractivity contribution < 1.29 is 4.39 Å². The van der Waals surface area contributed by atoms with Crippen molar-refractivity contribution >= 4 is 22.4 Å². The largest absolute Gasteiger partial charge is 0.398 e. The van der Waals surface area contributed by atoms with Crippen molar-refractivity contribution in [3.8, 4) is 11.1 Å². The number of rotatable bonds is 4. The number of nitrogens with two attached hydrogens (primary N) is 1. The first kappa shape index (κ1) is 18.5. The molecule has 0 atom stereocenters. The van der Waals surface area contributed by atoms with E-state index in [1.807, 2.05) is 6.07 Å². The Bertz CT molecular complexity index is 1310. The van der Waals surface area contributed by atoms with Gasteiger partial charge in [-0.05, 0) is 36.2 Å². The number of pyridine rings is 1. The van der Waals surface area contributed by atoms with Crippen molar-refractivity contribution in [1.29, 1.82) is 5.41 Å². The van der Waals surface area contributed by atoms with Gasteiger partial charge >= 0.3 is 0 Å². The maximum absolute atomic E-state index is 14.9. The lowest BCUT2D eigenvalue weighted by molar-refractivity contribution is 0.599. The van der Waals surface area contributed by atoms with Gasteiger partial charge in [-0.25, -0.2) is 9.37 Å². The molecule has 4 aromatic rings. The summed E-state index contributed by atoms with van der Waals surface area (Å²) in [5.74, 6) is -0.417. The Kier molecular flexibility index (Phi) is 4.64. The minimum Gasteiger partial charge on any atom is -0.398 e. The maximum Gasteiger partial charge on any atom is 0.269 e. The standard InChI is InChI=1S/C22H18FN5O/c1-13(24)17-5-4-15(9-19(17)25)14-2-3-16(18(23)8-14)12-28-21-6-7-26-10-20(21)27-11-22(28)29/h2-11,24H,12,25H2,1H3. The second-order valence-corrected chi connectivity index (χ2v) is 6.78. The molecular formula is C22H18FN5O. The van der Waals surface area contributed by atoms with E-state index in [0.29, 0.717) is 39.1 Å². The summed E-state index contributed by atoms with van der Waals surface area (Å²) in [6.45, 7) is 1.75. The van der Waals surface area contributed by atoms with Crippen LogP contribution in [0.15, 0.2) is 65.8 Å². The molecule has 29 heavy (non-hydrogen) atoms. The molecule has 3 N–H and O–H groups in total. The van der Waals surface area contributed by atoms with Crippen LogP contribution in [0.5, 0.6) is 0 Å². The lowest BCUT2D eigenvalue weighted by Crippen LogP contribution is -2.21. The van der Waals surface area contributed by atoms with Crippen LogP contribution in [-0.2, 0) is 6.54 Å². The summed E-state index contributed by atoms with van der Waals surface area (Å²) in [5, 5.41) is 7.72. The van der Waals surface area contributed by atoms with E-state index < -0.39 is 5.82 Å². The average molecular weight is 387 g/mol. The first-order chi connectivity index (χ1) is 13.9. The van der Waals surface area contributed by atoms with Gasteiger partial charge in [0.25, 0.3) is 5.56 Å². The zero-order chi connectivity index (χ0) is 20.5. The van der Waals surface area contributed by atoms with Gasteiger partial charge in [0, 0.05) is 28.7 Å². The Morgan fingerprint density at radius 3 is 2.62 bits per heavy atom. The molecule has 2 aromatic heterocycles. The van der Waals surface area contributed by atoms with Gasteiger partial charge < -0.3 is 15.7 Å². The number of aromatic nitrogens is 3. The van der Waals surface area contributed by atoms with Crippen molar-refractivity contribution in [2.24, 2.45) is 0 Å². The number of nitrogen functional groups attached to an aromatic ring is 1. The van der Waals surface area contributed by atoms with Crippen LogP contribution in [0.3, 0.4) is 0 Å². The monoisotopic (exact) mass is 387 g/mol. The zero-order valence-electron chi connectivity index (χ0n) is 15.7. The zero-order valence-corrected chi connectivity index (χ0v) is 15.7. The minimum atomic E-state index is -0.417. The summed E-state index contributed by atoms with van der Waals surface area (Å²) in [6.07, 6.45) is 4.35. The first-order valence-corrected chi connectivity index (χ1v) is 8.97. The van der Waals surface area contributed by atoms with Crippen LogP contribution < -0.4 is 11.3 Å². The third-order valence-corrected chi connectivity index (χ3v) is 4.82. The molecule has 0 radical (unpaired) electrons. The quantitative estimate of drug-likeness (QED) is 0.413. The molecule has 0 aliphatic heterocycles. The topological polar surface area (TPSA) is 97.6 Å². The Hall–Kier alpha value is -3.87. The van der Waals surface area contributed by atoms with Gasteiger partial charge in [-0.1, -0.05) is 24.3 Å². The van der Waals surface area contributed by atoms with Crippen LogP contribution >= 0.6 is 0 Å². The highest BCUT2D eigenvalue weighted by molar-refractivity contribution is 6.01. The molecule has 144 valence electrons. The van der Waals surface area contributed by atoms with Crippen LogP contribution in [0.25, 0.3) is 22.2 Å². The number of halogens is 1. The van der Waals surface area contributed by atoms with E-state index in [1.165, 1.54) is 16.8 Å². The van der Waals surface area contributed by atoms with Crippen LogP contribution in [0.4, 0.5) is 10.1 Å². The third kappa shape index (κ3) is 3.50. The van der Waals surface area contributed by atoms with Gasteiger partial charge in [-0.3, -0.25) is 9.78 Å². The fraction of sp³-hybridized carbons (Fsp3) is 0.0909. The highest BCUT2D eigenvalue weighted by Gasteiger charge is 2.11. The Labute approximate surface area is 166 Å². The molecular weight excluding hydrogens is 369 g/mol. The van der Waals surface area contributed by atoms with E-state index in [0.717, 1.165) is 5.56 Å². The van der Waals surface area contributed by atoms with Gasteiger partial charge in [0.05, 0.1) is 24.5 Å². The molecule has 0 aliphatic rings. The molecule has 2 heterocycles. The second-order valence-electron chi connectivity index (χ2n) is 6.78. The number of anilines is 1. The van der Waals surface area contributed by atoms with Gasteiger partial charge in [-0.15, -0.1) is 0 Å². The lowest BCUT2D eigenvalue weighted by atomic mass is 9.99. The minimum absolute atomic E-state index is 0.0854. The highest BCUT2D eigenvalue weighted by Crippen LogP contribution is 2.26. The van der Waals surface area contributed by atoms with Crippen LogP contribution in [-0.4, -0.2) is 20.2 Å². The molecule has 0 amide bonds. The van der Waals surface area contributed by atoms with Gasteiger partial charge in [0.1, 0.15) is 11.3 Å². The van der Waals surface area contributed by atoms with Crippen LogP contribution in [0.2, 0.25) is 0 Å². The number of fused-ring (bicyclic) bond motifs is 1. The smallest absolute Gasteiger partial charge is 0.269 e. The summed E-state index contributed by atoms with van der Waals surface area (Å²) >= 11 is 0. The van der Waals surface area contributed by atoms with Crippen molar-refractivity contribution in [1.82, 2.24) is 14.5 Å². The highest BCUT2D eigenvalue weighted by atomic mass is 19.1. The Morgan fingerprint density at radius 2 is 1.90 bits per heavy atom. The van der Waals surface area contributed by atoms with Crippen molar-refractivity contribution in [2.45, 2.75) is 13.5 Å². The van der Waals surface area contributed by atoms with Crippen LogP contribution in [0.1, 0.15) is 18.1 Å². The van der Waals surface area contributed by atoms with E-state index >= 15 is 0 Å². The average Bonchev–Trinajstić information content (AvgIpc) is 2.71. The third-order valence-electron chi connectivity index (χ3n) is 4.82. The van der Waals surface area contributed by atoms with Gasteiger partial charge in [0.2, 0.25) is 0 Å². The van der Waals surface area contributed by atoms with E-state index in [-0.39, 0.29) is 12.1 Å². The fourth-order valence-corrected chi connectivity index (χ4v) is 3.29. The Morgan fingerprint density at radius 1 is 1.14 bits per heavy atom. The van der Waals surface area contributed by atoms with E-state index in [4.69, 9.17) is 11.1 Å². The number of hydrogen-bond acceptors (Lipinski definition) is 5. The second kappa shape index (κ2) is 7.27. The number of nitrogens with zero attached hydrogens (tertiary/aromatic N) is 3. The molecule has 0 spiro atoms. The number of nitrogens with one attached hydrogen (secondary N) is 1. The van der Waals surface area contributed by atoms with E-state index in [9.17, 15) is 9.18 Å². The first-order valence-electron chi connectivity index (χ1n) is 8.97. The van der Waals surface area contributed by atoms with Gasteiger partial charge in [-0.2, -0.15) is 0 Å². The summed E-state index contributed by atoms with van der Waals surface area (Å²) in [4.78, 5) is 20.4. The lowest BCUT2D eigenvalue weighted by Gasteiger charge is -2.12. The molecule has 2 aromatic carbocycles. The predicted octanol–water partition coefficient (Wildman–Crippen LogP) is 3.62. The van der Waals surface area contributed by atoms with E-state index in [1.54, 1.807) is 49.6 Å². The van der Waals surface area contributed by atoms with Crippen molar-refractivity contribution in [3.05, 3.63) is 88.4 Å². The van der Waals surface area contributed by atoms with Crippen molar-refractivity contribution in [2.75, 3.05) is 5.73 Å². The summed E-state index contributed by atoms with van der Waals surface area (Å²) in [5.41, 5.74) is 10.2. The molecule has 0 aliphatic carbocycles. The van der Waals surface area contributed by atoms with Crippen LogP contribution in [0, 0.1) is 11.2 Å². The molecule has 0 fully saturated rings. The molecule has 4 rings (SSSR count). The Balaban J connectivity index is 1.71. The molecule has 6 nitrogen and oxygen atoms in total. The number of benzene rings is 2. The SMILES string of the molecule is CC(=N)c1ccc(-c2ccc(Cn3c(=O)cnc4cnccc43)c(F)c2)cc1N. The van der Waals surface area contributed by atoms with Gasteiger partial charge in [0.15, 0.2) is 0 Å². The normalized spacial score (nSPS) is 11.0. The summed E-state index contributed by atoms with van der Waals surface area (Å²) in [7, 11) is 0. The molecule has 0 saturated carbocycles. The molecule has 7 heteroatoms. The summed E-state index contributed by atoms with van der Waals surface area (Å²) < 4.78 is 16.3. The van der Waals surface area contributed by atoms with E-state index in [2.05, 4.69) is 9.97 Å². The predicted molar refractivity (Wildman–Crippen MR) is 112 cm³/mol.